The second kappa shape index (κ2) is 5.26. The van der Waals surface area contributed by atoms with Gasteiger partial charge in [-0.15, -0.1) is 0 Å². The van der Waals surface area contributed by atoms with Gasteiger partial charge in [-0.3, -0.25) is 4.79 Å². The average Bonchev–Trinajstić information content (AvgIpc) is 2.38. The number of para-hydroxylation sites is 1. The molecule has 0 aliphatic heterocycles. The Hall–Kier alpha value is -2.10. The summed E-state index contributed by atoms with van der Waals surface area (Å²) < 4.78 is 0. The lowest BCUT2D eigenvalue weighted by Crippen LogP contribution is -2.36. The summed E-state index contributed by atoms with van der Waals surface area (Å²) in [6.45, 7) is 6.10. The van der Waals surface area contributed by atoms with Crippen LogP contribution in [0.1, 0.15) is 31.3 Å². The van der Waals surface area contributed by atoms with Gasteiger partial charge in [-0.05, 0) is 25.0 Å². The van der Waals surface area contributed by atoms with Crippen molar-refractivity contribution in [3.8, 4) is 0 Å². The number of pyridine rings is 1. The van der Waals surface area contributed by atoms with Crippen LogP contribution in [0.25, 0.3) is 10.9 Å². The third kappa shape index (κ3) is 2.84. The van der Waals surface area contributed by atoms with Crippen molar-refractivity contribution in [1.29, 1.82) is 0 Å². The molecule has 1 atom stereocenters. The SMILES string of the molecule is CC(C)C(C)NC(=O)c1cc(N)c2ccccc2n1. The number of carbonyl (C=O) groups excluding carboxylic acids is 1. The highest BCUT2D eigenvalue weighted by Crippen LogP contribution is 2.20. The number of amides is 1. The first-order valence-corrected chi connectivity index (χ1v) is 6.45. The Kier molecular flexibility index (Phi) is 3.69. The maximum Gasteiger partial charge on any atom is 0.270 e. The zero-order valence-corrected chi connectivity index (χ0v) is 11.5. The van der Waals surface area contributed by atoms with Gasteiger partial charge in [-0.2, -0.15) is 0 Å². The smallest absolute Gasteiger partial charge is 0.270 e. The number of nitrogen functional groups attached to an aromatic ring is 1. The average molecular weight is 257 g/mol. The molecule has 2 aromatic rings. The van der Waals surface area contributed by atoms with Crippen LogP contribution in [-0.2, 0) is 0 Å². The molecular weight excluding hydrogens is 238 g/mol. The van der Waals surface area contributed by atoms with Crippen molar-refractivity contribution in [2.75, 3.05) is 5.73 Å². The van der Waals surface area contributed by atoms with E-state index in [9.17, 15) is 4.79 Å². The van der Waals surface area contributed by atoms with Crippen molar-refractivity contribution in [2.45, 2.75) is 26.8 Å². The monoisotopic (exact) mass is 257 g/mol. The van der Waals surface area contributed by atoms with Crippen molar-refractivity contribution in [3.05, 3.63) is 36.0 Å². The molecule has 1 heterocycles. The molecule has 4 nitrogen and oxygen atoms in total. The van der Waals surface area contributed by atoms with E-state index in [0.717, 1.165) is 10.9 Å². The fraction of sp³-hybridized carbons (Fsp3) is 0.333. The molecule has 0 saturated heterocycles. The van der Waals surface area contributed by atoms with Gasteiger partial charge in [0.25, 0.3) is 5.91 Å². The number of hydrogen-bond donors (Lipinski definition) is 2. The molecule has 0 aliphatic carbocycles. The molecule has 0 saturated carbocycles. The number of nitrogens with zero attached hydrogens (tertiary/aromatic N) is 1. The molecule has 1 amide bonds. The first kappa shape index (κ1) is 13.3. The third-order valence-corrected chi connectivity index (χ3v) is 3.34. The molecule has 0 spiro atoms. The lowest BCUT2D eigenvalue weighted by molar-refractivity contribution is 0.0926. The van der Waals surface area contributed by atoms with Crippen LogP contribution in [0.5, 0.6) is 0 Å². The Morgan fingerprint density at radius 3 is 2.63 bits per heavy atom. The van der Waals surface area contributed by atoms with Gasteiger partial charge >= 0.3 is 0 Å². The first-order chi connectivity index (χ1) is 8.99. The lowest BCUT2D eigenvalue weighted by atomic mass is 10.1. The molecule has 1 aromatic heterocycles. The van der Waals surface area contributed by atoms with Crippen LogP contribution < -0.4 is 11.1 Å². The molecule has 4 heteroatoms. The van der Waals surface area contributed by atoms with E-state index in [2.05, 4.69) is 24.1 Å². The molecule has 0 aliphatic rings. The summed E-state index contributed by atoms with van der Waals surface area (Å²) in [6.07, 6.45) is 0. The molecule has 2 rings (SSSR count). The number of hydrogen-bond acceptors (Lipinski definition) is 3. The van der Waals surface area contributed by atoms with Crippen molar-refractivity contribution in [1.82, 2.24) is 10.3 Å². The highest BCUT2D eigenvalue weighted by molar-refractivity contribution is 5.99. The fourth-order valence-corrected chi connectivity index (χ4v) is 1.77. The number of nitrogens with two attached hydrogens (primary N) is 1. The standard InChI is InChI=1S/C15H19N3O/c1-9(2)10(3)17-15(19)14-8-12(16)11-6-4-5-7-13(11)18-14/h4-10H,1-3H3,(H2,16,18)(H,17,19). The summed E-state index contributed by atoms with van der Waals surface area (Å²) in [7, 11) is 0. The number of aromatic nitrogens is 1. The number of benzene rings is 1. The van der Waals surface area contributed by atoms with E-state index in [4.69, 9.17) is 5.73 Å². The van der Waals surface area contributed by atoms with Crippen LogP contribution in [-0.4, -0.2) is 16.9 Å². The zero-order chi connectivity index (χ0) is 14.0. The number of fused-ring (bicyclic) bond motifs is 1. The normalized spacial score (nSPS) is 12.6. The maximum atomic E-state index is 12.1. The Morgan fingerprint density at radius 1 is 1.26 bits per heavy atom. The fourth-order valence-electron chi connectivity index (χ4n) is 1.77. The minimum absolute atomic E-state index is 0.0991. The maximum absolute atomic E-state index is 12.1. The Labute approximate surface area is 113 Å². The molecule has 1 aromatic carbocycles. The number of rotatable bonds is 3. The predicted molar refractivity (Wildman–Crippen MR) is 77.9 cm³/mol. The summed E-state index contributed by atoms with van der Waals surface area (Å²) in [5.74, 6) is 0.195. The topological polar surface area (TPSA) is 68.0 Å². The van der Waals surface area contributed by atoms with Gasteiger partial charge in [0.2, 0.25) is 0 Å². The molecule has 3 N–H and O–H groups in total. The minimum Gasteiger partial charge on any atom is -0.398 e. The zero-order valence-electron chi connectivity index (χ0n) is 11.5. The number of nitrogens with one attached hydrogen (secondary N) is 1. The first-order valence-electron chi connectivity index (χ1n) is 6.45. The summed E-state index contributed by atoms with van der Waals surface area (Å²) in [6, 6.07) is 9.27. The van der Waals surface area contributed by atoms with Crippen molar-refractivity contribution >= 4 is 22.5 Å². The van der Waals surface area contributed by atoms with Gasteiger partial charge in [-0.25, -0.2) is 4.98 Å². The summed E-state index contributed by atoms with van der Waals surface area (Å²) in [4.78, 5) is 16.5. The largest absolute Gasteiger partial charge is 0.398 e. The minimum atomic E-state index is -0.182. The van der Waals surface area contributed by atoms with E-state index in [1.807, 2.05) is 31.2 Å². The highest BCUT2D eigenvalue weighted by atomic mass is 16.1. The van der Waals surface area contributed by atoms with Crippen LogP contribution in [0, 0.1) is 5.92 Å². The predicted octanol–water partition coefficient (Wildman–Crippen LogP) is 2.59. The second-order valence-corrected chi connectivity index (χ2v) is 5.12. The third-order valence-electron chi connectivity index (χ3n) is 3.34. The Balaban J connectivity index is 2.33. The summed E-state index contributed by atoms with van der Waals surface area (Å²) in [5, 5.41) is 3.80. The van der Waals surface area contributed by atoms with E-state index < -0.39 is 0 Å². The van der Waals surface area contributed by atoms with E-state index in [1.165, 1.54) is 0 Å². The molecule has 0 radical (unpaired) electrons. The van der Waals surface area contributed by atoms with E-state index >= 15 is 0 Å². The molecule has 0 fully saturated rings. The number of anilines is 1. The summed E-state index contributed by atoms with van der Waals surface area (Å²) >= 11 is 0. The van der Waals surface area contributed by atoms with Crippen LogP contribution in [0.4, 0.5) is 5.69 Å². The van der Waals surface area contributed by atoms with Gasteiger partial charge in [0.05, 0.1) is 5.52 Å². The Bertz CT molecular complexity index is 607. The van der Waals surface area contributed by atoms with E-state index in [0.29, 0.717) is 17.3 Å². The highest BCUT2D eigenvalue weighted by Gasteiger charge is 2.15. The van der Waals surface area contributed by atoms with Crippen molar-refractivity contribution < 1.29 is 4.79 Å². The van der Waals surface area contributed by atoms with E-state index in [1.54, 1.807) is 6.07 Å². The van der Waals surface area contributed by atoms with Crippen LogP contribution in [0.15, 0.2) is 30.3 Å². The van der Waals surface area contributed by atoms with Crippen LogP contribution in [0.2, 0.25) is 0 Å². The molecule has 100 valence electrons. The van der Waals surface area contributed by atoms with Crippen LogP contribution in [0.3, 0.4) is 0 Å². The van der Waals surface area contributed by atoms with Gasteiger partial charge in [0, 0.05) is 17.1 Å². The summed E-state index contributed by atoms with van der Waals surface area (Å²) in [5.41, 5.74) is 7.65. The molecule has 1 unspecified atom stereocenters. The van der Waals surface area contributed by atoms with Gasteiger partial charge < -0.3 is 11.1 Å². The van der Waals surface area contributed by atoms with Gasteiger partial charge in [-0.1, -0.05) is 32.0 Å². The van der Waals surface area contributed by atoms with Gasteiger partial charge in [0.1, 0.15) is 5.69 Å². The van der Waals surface area contributed by atoms with Crippen molar-refractivity contribution in [2.24, 2.45) is 5.92 Å². The quantitative estimate of drug-likeness (QED) is 0.888. The Morgan fingerprint density at radius 2 is 1.95 bits per heavy atom. The van der Waals surface area contributed by atoms with E-state index in [-0.39, 0.29) is 11.9 Å². The number of carbonyl (C=O) groups is 1. The van der Waals surface area contributed by atoms with Gasteiger partial charge in [0.15, 0.2) is 0 Å². The molecule has 0 bridgehead atoms. The molecular formula is C15H19N3O. The van der Waals surface area contributed by atoms with Crippen molar-refractivity contribution in [3.63, 3.8) is 0 Å². The van der Waals surface area contributed by atoms with Crippen LogP contribution >= 0.6 is 0 Å². The second-order valence-electron chi connectivity index (χ2n) is 5.12. The molecule has 19 heavy (non-hydrogen) atoms. The lowest BCUT2D eigenvalue weighted by Gasteiger charge is -2.17.